The van der Waals surface area contributed by atoms with Gasteiger partial charge in [-0.1, -0.05) is 13.8 Å². The molecule has 1 heterocycles. The number of methoxy groups -OCH3 is 1. The number of nitrogens with zero attached hydrogens (tertiary/aromatic N) is 2. The molecule has 0 spiro atoms. The molecule has 0 amide bonds. The maximum Gasteiger partial charge on any atom is 0.145 e. The number of rotatable bonds is 7. The van der Waals surface area contributed by atoms with E-state index in [1.807, 2.05) is 19.9 Å². The molecule has 112 valence electrons. The van der Waals surface area contributed by atoms with Gasteiger partial charge in [-0.15, -0.1) is 0 Å². The Kier molecular flexibility index (Phi) is 5.82. The molecule has 0 aliphatic carbocycles. The maximum absolute atomic E-state index is 9.16. The van der Waals surface area contributed by atoms with Crippen molar-refractivity contribution in [3.05, 3.63) is 18.0 Å². The second-order valence-corrected chi connectivity index (χ2v) is 5.97. The van der Waals surface area contributed by atoms with Crippen LogP contribution in [0, 0.1) is 17.2 Å². The number of aromatic nitrogens is 1. The fraction of sp³-hybridized carbons (Fsp3) is 0.625. The second-order valence-electron chi connectivity index (χ2n) is 5.97. The topological polar surface area (TPSA) is 57.9 Å². The highest BCUT2D eigenvalue weighted by atomic mass is 16.5. The first kappa shape index (κ1) is 16.3. The van der Waals surface area contributed by atoms with Gasteiger partial charge in [0.25, 0.3) is 0 Å². The van der Waals surface area contributed by atoms with Crippen molar-refractivity contribution in [3.63, 3.8) is 0 Å². The van der Waals surface area contributed by atoms with Crippen LogP contribution >= 0.6 is 0 Å². The van der Waals surface area contributed by atoms with E-state index in [1.165, 1.54) is 6.42 Å². The number of hydrogen-bond acceptors (Lipinski definition) is 4. The Morgan fingerprint density at radius 1 is 1.50 bits per heavy atom. The van der Waals surface area contributed by atoms with Crippen LogP contribution in [0.15, 0.2) is 12.3 Å². The number of nitriles is 1. The van der Waals surface area contributed by atoms with E-state index in [9.17, 15) is 0 Å². The lowest BCUT2D eigenvalue weighted by Crippen LogP contribution is -2.16. The zero-order chi connectivity index (χ0) is 15.2. The molecule has 0 unspecified atom stereocenters. The third-order valence-electron chi connectivity index (χ3n) is 3.28. The Morgan fingerprint density at radius 2 is 2.20 bits per heavy atom. The first-order valence-electron chi connectivity index (χ1n) is 7.10. The van der Waals surface area contributed by atoms with Gasteiger partial charge in [0.2, 0.25) is 0 Å². The van der Waals surface area contributed by atoms with Crippen molar-refractivity contribution >= 4 is 5.69 Å². The van der Waals surface area contributed by atoms with Gasteiger partial charge >= 0.3 is 0 Å². The molecule has 4 nitrogen and oxygen atoms in total. The van der Waals surface area contributed by atoms with Gasteiger partial charge in [0.15, 0.2) is 0 Å². The van der Waals surface area contributed by atoms with Crippen LogP contribution in [0.3, 0.4) is 0 Å². The minimum atomic E-state index is -0.608. The largest absolute Gasteiger partial charge is 0.494 e. The molecule has 1 aromatic rings. The summed E-state index contributed by atoms with van der Waals surface area (Å²) < 4.78 is 5.39. The van der Waals surface area contributed by atoms with Crippen LogP contribution in [0.5, 0.6) is 5.75 Å². The third-order valence-corrected chi connectivity index (χ3v) is 3.28. The Hall–Kier alpha value is -1.76. The average Bonchev–Trinajstić information content (AvgIpc) is 2.43. The molecule has 1 aromatic heterocycles. The molecule has 0 saturated heterocycles. The van der Waals surface area contributed by atoms with E-state index in [1.54, 1.807) is 13.3 Å². The third kappa shape index (κ3) is 4.41. The summed E-state index contributed by atoms with van der Waals surface area (Å²) in [7, 11) is 1.64. The monoisotopic (exact) mass is 277 g/mol. The summed E-state index contributed by atoms with van der Waals surface area (Å²) >= 11 is 0. The van der Waals surface area contributed by atoms with E-state index in [-0.39, 0.29) is 1.43 Å². The van der Waals surface area contributed by atoms with Gasteiger partial charge < -0.3 is 10.1 Å². The summed E-state index contributed by atoms with van der Waals surface area (Å²) in [5.41, 5.74) is 1.00. The minimum absolute atomic E-state index is 0. The number of ether oxygens (including phenoxy) is 1. The van der Waals surface area contributed by atoms with Crippen LogP contribution in [0.2, 0.25) is 0 Å². The van der Waals surface area contributed by atoms with Crippen molar-refractivity contribution in [1.82, 2.24) is 4.98 Å². The zero-order valence-corrected chi connectivity index (χ0v) is 13.2. The molecule has 4 heteroatoms. The Labute approximate surface area is 123 Å². The quantitative estimate of drug-likeness (QED) is 0.766. The molecule has 0 aromatic carbocycles. The fourth-order valence-corrected chi connectivity index (χ4v) is 1.87. The fourth-order valence-electron chi connectivity index (χ4n) is 1.87. The SMILES string of the molecule is COc1cc(C(C)(C)C#N)ncc1NCCCC(C)C.[HH]. The average molecular weight is 277 g/mol. The van der Waals surface area contributed by atoms with Gasteiger partial charge in [0, 0.05) is 14.0 Å². The van der Waals surface area contributed by atoms with Crippen LogP contribution in [0.1, 0.15) is 47.7 Å². The molecular formula is C16H27N3O. The Balaban J connectivity index is 0.00000400. The second kappa shape index (κ2) is 7.14. The highest BCUT2D eigenvalue weighted by molar-refractivity contribution is 5.56. The van der Waals surface area contributed by atoms with Gasteiger partial charge in [-0.05, 0) is 32.6 Å². The van der Waals surface area contributed by atoms with E-state index < -0.39 is 5.41 Å². The van der Waals surface area contributed by atoms with Crippen molar-refractivity contribution in [2.45, 2.75) is 46.0 Å². The van der Waals surface area contributed by atoms with Crippen molar-refractivity contribution in [1.29, 1.82) is 5.26 Å². The maximum atomic E-state index is 9.16. The standard InChI is InChI=1S/C16H25N3O.H2/c1-12(2)7-6-8-18-13-10-19-15(9-14(13)20-5)16(3,4)11-17;/h9-10,12,18H,6-8H2,1-5H3;1H. The molecule has 1 N–H and O–H groups in total. The van der Waals surface area contributed by atoms with E-state index in [0.717, 1.165) is 36.0 Å². The number of pyridine rings is 1. The highest BCUT2D eigenvalue weighted by Crippen LogP contribution is 2.29. The zero-order valence-electron chi connectivity index (χ0n) is 13.2. The molecule has 0 aliphatic rings. The Bertz CT molecular complexity index is 481. The highest BCUT2D eigenvalue weighted by Gasteiger charge is 2.22. The van der Waals surface area contributed by atoms with Crippen LogP contribution < -0.4 is 10.1 Å². The molecule has 0 bridgehead atoms. The smallest absolute Gasteiger partial charge is 0.145 e. The normalized spacial score (nSPS) is 11.2. The van der Waals surface area contributed by atoms with Crippen LogP contribution in [0.4, 0.5) is 5.69 Å². The van der Waals surface area contributed by atoms with Crippen molar-refractivity contribution in [2.75, 3.05) is 19.0 Å². The van der Waals surface area contributed by atoms with Gasteiger partial charge in [-0.25, -0.2) is 0 Å². The minimum Gasteiger partial charge on any atom is -0.494 e. The molecule has 0 aliphatic heterocycles. The summed E-state index contributed by atoms with van der Waals surface area (Å²) in [5.74, 6) is 1.46. The van der Waals surface area contributed by atoms with Crippen molar-refractivity contribution < 1.29 is 6.16 Å². The van der Waals surface area contributed by atoms with E-state index in [4.69, 9.17) is 10.00 Å². The van der Waals surface area contributed by atoms with Crippen LogP contribution in [-0.2, 0) is 5.41 Å². The summed E-state index contributed by atoms with van der Waals surface area (Å²) in [4.78, 5) is 4.38. The molecule has 0 atom stereocenters. The molecule has 20 heavy (non-hydrogen) atoms. The van der Waals surface area contributed by atoms with E-state index in [0.29, 0.717) is 0 Å². The van der Waals surface area contributed by atoms with Crippen LogP contribution in [-0.4, -0.2) is 18.6 Å². The van der Waals surface area contributed by atoms with E-state index >= 15 is 0 Å². The molecule has 0 radical (unpaired) electrons. The lowest BCUT2D eigenvalue weighted by atomic mass is 9.90. The molecule has 0 fully saturated rings. The number of nitrogens with one attached hydrogen (secondary N) is 1. The summed E-state index contributed by atoms with van der Waals surface area (Å²) in [6.07, 6.45) is 4.07. The summed E-state index contributed by atoms with van der Waals surface area (Å²) in [6, 6.07) is 4.10. The summed E-state index contributed by atoms with van der Waals surface area (Å²) in [5, 5.41) is 12.5. The van der Waals surface area contributed by atoms with Gasteiger partial charge in [0.1, 0.15) is 5.75 Å². The molecule has 0 saturated carbocycles. The lowest BCUT2D eigenvalue weighted by Gasteiger charge is -2.18. The number of anilines is 1. The molecular weight excluding hydrogens is 250 g/mol. The summed E-state index contributed by atoms with van der Waals surface area (Å²) in [6.45, 7) is 9.05. The predicted molar refractivity (Wildman–Crippen MR) is 84.1 cm³/mol. The van der Waals surface area contributed by atoms with E-state index in [2.05, 4.69) is 30.2 Å². The first-order chi connectivity index (χ1) is 9.40. The predicted octanol–water partition coefficient (Wildman–Crippen LogP) is 3.99. The van der Waals surface area contributed by atoms with Crippen molar-refractivity contribution in [2.24, 2.45) is 5.92 Å². The number of hydrogen-bond donors (Lipinski definition) is 1. The Morgan fingerprint density at radius 3 is 2.75 bits per heavy atom. The van der Waals surface area contributed by atoms with Crippen molar-refractivity contribution in [3.8, 4) is 11.8 Å². The van der Waals surface area contributed by atoms with Crippen LogP contribution in [0.25, 0.3) is 0 Å². The molecule has 1 rings (SSSR count). The van der Waals surface area contributed by atoms with Gasteiger partial charge in [-0.3, -0.25) is 4.98 Å². The first-order valence-corrected chi connectivity index (χ1v) is 7.10. The lowest BCUT2D eigenvalue weighted by molar-refractivity contribution is 0.414. The van der Waals surface area contributed by atoms with Gasteiger partial charge in [-0.2, -0.15) is 5.26 Å². The van der Waals surface area contributed by atoms with Gasteiger partial charge in [0.05, 0.1) is 36.2 Å².